The molecule has 1 heterocycles. The van der Waals surface area contributed by atoms with Gasteiger partial charge in [0.15, 0.2) is 0 Å². The van der Waals surface area contributed by atoms with Crippen LogP contribution in [0.2, 0.25) is 0 Å². The number of carbonyl (C=O) groups is 1. The van der Waals surface area contributed by atoms with Crippen molar-refractivity contribution in [3.05, 3.63) is 39.8 Å². The molecule has 0 unspecified atom stereocenters. The van der Waals surface area contributed by atoms with Gasteiger partial charge in [-0.1, -0.05) is 0 Å². The molecule has 0 saturated carbocycles. The molecule has 0 aliphatic heterocycles. The zero-order valence-electron chi connectivity index (χ0n) is 12.8. The average Bonchev–Trinajstić information content (AvgIpc) is 2.99. The van der Waals surface area contributed by atoms with Crippen molar-refractivity contribution in [2.24, 2.45) is 5.73 Å². The predicted molar refractivity (Wildman–Crippen MR) is 92.2 cm³/mol. The predicted octanol–water partition coefficient (Wildman–Crippen LogP) is 1.92. The first kappa shape index (κ1) is 17.4. The third-order valence-electron chi connectivity index (χ3n) is 3.09. The molecule has 4 N–H and O–H groups in total. The number of amides is 1. The van der Waals surface area contributed by atoms with Crippen molar-refractivity contribution in [3.63, 3.8) is 0 Å². The number of nitrogens with zero attached hydrogens (tertiary/aromatic N) is 1. The smallest absolute Gasteiger partial charge is 0.275 e. The lowest BCUT2D eigenvalue weighted by atomic mass is 10.2. The summed E-state index contributed by atoms with van der Waals surface area (Å²) in [5.41, 5.74) is 7.55. The molecule has 0 fully saturated rings. The van der Waals surface area contributed by atoms with Crippen LogP contribution in [0.5, 0.6) is 0 Å². The highest BCUT2D eigenvalue weighted by molar-refractivity contribution is 7.92. The summed E-state index contributed by atoms with van der Waals surface area (Å²) in [6, 6.07) is 4.95. The van der Waals surface area contributed by atoms with Gasteiger partial charge >= 0.3 is 0 Å². The number of aromatic nitrogens is 1. The second-order valence-electron chi connectivity index (χ2n) is 4.82. The molecule has 7 nitrogen and oxygen atoms in total. The highest BCUT2D eigenvalue weighted by Crippen LogP contribution is 2.21. The number of aryl methyl sites for hydroxylation is 1. The molecule has 0 spiro atoms. The number of hydrogen-bond acceptors (Lipinski definition) is 6. The van der Waals surface area contributed by atoms with E-state index in [1.54, 1.807) is 37.4 Å². The van der Waals surface area contributed by atoms with Crippen LogP contribution in [-0.4, -0.2) is 25.1 Å². The number of sulfonamides is 1. The first-order chi connectivity index (χ1) is 10.8. The maximum Gasteiger partial charge on any atom is 0.275 e. The van der Waals surface area contributed by atoms with E-state index in [1.165, 1.54) is 11.3 Å². The van der Waals surface area contributed by atoms with Gasteiger partial charge in [0, 0.05) is 17.6 Å². The van der Waals surface area contributed by atoms with Gasteiger partial charge in [0.1, 0.15) is 10.7 Å². The third-order valence-corrected chi connectivity index (χ3v) is 5.25. The summed E-state index contributed by atoms with van der Waals surface area (Å²) in [7, 11) is -3.33. The van der Waals surface area contributed by atoms with Crippen molar-refractivity contribution < 1.29 is 13.2 Å². The van der Waals surface area contributed by atoms with Crippen LogP contribution >= 0.6 is 11.3 Å². The van der Waals surface area contributed by atoms with Crippen LogP contribution < -0.4 is 15.8 Å². The molecule has 1 amide bonds. The van der Waals surface area contributed by atoms with Crippen molar-refractivity contribution in [2.45, 2.75) is 20.4 Å². The Hall–Kier alpha value is -1.97. The van der Waals surface area contributed by atoms with Crippen LogP contribution in [0.15, 0.2) is 23.6 Å². The zero-order chi connectivity index (χ0) is 17.0. The Morgan fingerprint density at radius 1 is 1.39 bits per heavy atom. The van der Waals surface area contributed by atoms with Crippen LogP contribution in [0, 0.1) is 6.92 Å². The number of anilines is 2. The molecule has 0 aliphatic carbocycles. The number of rotatable bonds is 6. The summed E-state index contributed by atoms with van der Waals surface area (Å²) < 4.78 is 25.7. The summed E-state index contributed by atoms with van der Waals surface area (Å²) in [6.07, 6.45) is 0. The summed E-state index contributed by atoms with van der Waals surface area (Å²) >= 11 is 1.33. The SMILES string of the molecule is CCS(=O)(=O)Nc1ccc(NC(=O)c2csc(CN)n2)cc1C. The summed E-state index contributed by atoms with van der Waals surface area (Å²) in [4.78, 5) is 16.2. The van der Waals surface area contributed by atoms with Crippen LogP contribution in [0.4, 0.5) is 11.4 Å². The molecule has 0 atom stereocenters. The van der Waals surface area contributed by atoms with Crippen molar-refractivity contribution in [1.82, 2.24) is 4.98 Å². The van der Waals surface area contributed by atoms with Crippen LogP contribution in [-0.2, 0) is 16.6 Å². The average molecular weight is 354 g/mol. The van der Waals surface area contributed by atoms with Crippen LogP contribution in [0.25, 0.3) is 0 Å². The van der Waals surface area contributed by atoms with E-state index in [2.05, 4.69) is 15.0 Å². The monoisotopic (exact) mass is 354 g/mol. The minimum absolute atomic E-state index is 0.00176. The Bertz CT molecular complexity index is 815. The molecule has 1 aromatic carbocycles. The van der Waals surface area contributed by atoms with E-state index in [0.29, 0.717) is 34.2 Å². The van der Waals surface area contributed by atoms with E-state index in [1.807, 2.05) is 0 Å². The minimum atomic E-state index is -3.33. The van der Waals surface area contributed by atoms with Gasteiger partial charge in [-0.25, -0.2) is 13.4 Å². The second-order valence-corrected chi connectivity index (χ2v) is 7.77. The number of benzene rings is 1. The lowest BCUT2D eigenvalue weighted by molar-refractivity contribution is 0.102. The molecule has 0 radical (unpaired) electrons. The largest absolute Gasteiger partial charge is 0.325 e. The van der Waals surface area contributed by atoms with Gasteiger partial charge in [-0.3, -0.25) is 9.52 Å². The van der Waals surface area contributed by atoms with E-state index in [0.717, 1.165) is 0 Å². The lowest BCUT2D eigenvalue weighted by Crippen LogP contribution is -2.16. The van der Waals surface area contributed by atoms with Gasteiger partial charge in [0.05, 0.1) is 11.4 Å². The van der Waals surface area contributed by atoms with Gasteiger partial charge in [0.2, 0.25) is 10.0 Å². The summed E-state index contributed by atoms with van der Waals surface area (Å²) in [5.74, 6) is -0.333. The first-order valence-electron chi connectivity index (χ1n) is 6.91. The minimum Gasteiger partial charge on any atom is -0.325 e. The van der Waals surface area contributed by atoms with Gasteiger partial charge in [0.25, 0.3) is 5.91 Å². The Kier molecular flexibility index (Phi) is 5.34. The number of carbonyl (C=O) groups excluding carboxylic acids is 1. The van der Waals surface area contributed by atoms with Crippen molar-refractivity contribution in [1.29, 1.82) is 0 Å². The zero-order valence-corrected chi connectivity index (χ0v) is 14.4. The molecule has 0 aliphatic rings. The highest BCUT2D eigenvalue weighted by atomic mass is 32.2. The molecular formula is C14H18N4O3S2. The molecule has 9 heteroatoms. The van der Waals surface area contributed by atoms with Crippen LogP contribution in [0.1, 0.15) is 28.0 Å². The number of hydrogen-bond donors (Lipinski definition) is 3. The van der Waals surface area contributed by atoms with E-state index in [-0.39, 0.29) is 11.7 Å². The molecule has 124 valence electrons. The molecule has 2 aromatic rings. The van der Waals surface area contributed by atoms with Gasteiger partial charge in [-0.2, -0.15) is 0 Å². The van der Waals surface area contributed by atoms with Gasteiger partial charge in [-0.15, -0.1) is 11.3 Å². The number of thiazole rings is 1. The molecule has 0 saturated heterocycles. The fraction of sp³-hybridized carbons (Fsp3) is 0.286. The summed E-state index contributed by atoms with van der Waals surface area (Å²) in [5, 5.41) is 5.07. The van der Waals surface area contributed by atoms with Crippen molar-refractivity contribution in [2.75, 3.05) is 15.8 Å². The Morgan fingerprint density at radius 3 is 2.70 bits per heavy atom. The maximum absolute atomic E-state index is 12.1. The molecule has 1 aromatic heterocycles. The number of nitrogens with one attached hydrogen (secondary N) is 2. The van der Waals surface area contributed by atoms with Crippen molar-refractivity contribution in [3.8, 4) is 0 Å². The molecular weight excluding hydrogens is 336 g/mol. The normalized spacial score (nSPS) is 11.3. The maximum atomic E-state index is 12.1. The topological polar surface area (TPSA) is 114 Å². The van der Waals surface area contributed by atoms with Crippen LogP contribution in [0.3, 0.4) is 0 Å². The fourth-order valence-corrected chi connectivity index (χ4v) is 3.16. The van der Waals surface area contributed by atoms with Gasteiger partial charge < -0.3 is 11.1 Å². The quantitative estimate of drug-likeness (QED) is 0.733. The fourth-order valence-electron chi connectivity index (χ4n) is 1.80. The number of nitrogens with two attached hydrogens (primary N) is 1. The van der Waals surface area contributed by atoms with E-state index < -0.39 is 10.0 Å². The Morgan fingerprint density at radius 2 is 2.13 bits per heavy atom. The standard InChI is InChI=1S/C14H18N4O3S2/c1-3-23(20,21)18-11-5-4-10(6-9(11)2)16-14(19)12-8-22-13(7-15)17-12/h4-6,8,18H,3,7,15H2,1-2H3,(H,16,19). The molecule has 2 rings (SSSR count). The first-order valence-corrected chi connectivity index (χ1v) is 9.44. The summed E-state index contributed by atoms with van der Waals surface area (Å²) in [6.45, 7) is 3.62. The third kappa shape index (κ3) is 4.50. The van der Waals surface area contributed by atoms with E-state index >= 15 is 0 Å². The highest BCUT2D eigenvalue weighted by Gasteiger charge is 2.12. The molecule has 0 bridgehead atoms. The van der Waals surface area contributed by atoms with E-state index in [9.17, 15) is 13.2 Å². The second kappa shape index (κ2) is 7.07. The van der Waals surface area contributed by atoms with Crippen molar-refractivity contribution >= 4 is 38.6 Å². The van der Waals surface area contributed by atoms with E-state index in [4.69, 9.17) is 5.73 Å². The molecule has 23 heavy (non-hydrogen) atoms. The Labute approximate surface area is 139 Å². The lowest BCUT2D eigenvalue weighted by Gasteiger charge is -2.11. The Balaban J connectivity index is 2.12. The van der Waals surface area contributed by atoms with Gasteiger partial charge in [-0.05, 0) is 37.6 Å².